The van der Waals surface area contributed by atoms with Crippen molar-refractivity contribution in [3.63, 3.8) is 0 Å². The molecule has 0 fully saturated rings. The van der Waals surface area contributed by atoms with E-state index in [1.54, 1.807) is 0 Å². The van der Waals surface area contributed by atoms with Crippen LogP contribution in [-0.2, 0) is 5.41 Å². The second kappa shape index (κ2) is 11.2. The lowest BCUT2D eigenvalue weighted by Gasteiger charge is -2.22. The lowest BCUT2D eigenvalue weighted by molar-refractivity contribution is 0.661. The smallest absolute Gasteiger partial charge is 0.0159 e. The molecule has 11 rings (SSSR count). The van der Waals surface area contributed by atoms with Gasteiger partial charge in [0, 0.05) is 5.41 Å². The molecule has 1 aliphatic carbocycles. The van der Waals surface area contributed by atoms with Crippen LogP contribution in [-0.4, -0.2) is 0 Å². The molecule has 0 bridgehead atoms. The molecule has 10 aromatic rings. The van der Waals surface area contributed by atoms with Gasteiger partial charge in [-0.3, -0.25) is 0 Å². The molecule has 0 aliphatic heterocycles. The average molecular weight is 673 g/mol. The van der Waals surface area contributed by atoms with Crippen molar-refractivity contribution in [3.05, 3.63) is 193 Å². The molecule has 0 atom stereocenters. The zero-order chi connectivity index (χ0) is 35.3. The van der Waals surface area contributed by atoms with Gasteiger partial charge >= 0.3 is 0 Å². The molecular formula is C53H36. The van der Waals surface area contributed by atoms with Crippen LogP contribution in [0, 0.1) is 0 Å². The SMILES string of the molecule is CC1(C)c2ccccc2-c2c1ccc1ccc3c(-c4ccc(-c5c6ccccc6c(-c6ccccc6)c6ccccc56)c5ccccc45)cccc3c21. The summed E-state index contributed by atoms with van der Waals surface area (Å²) in [5, 5.41) is 12.9. The van der Waals surface area contributed by atoms with Crippen LogP contribution in [0.1, 0.15) is 25.0 Å². The maximum atomic E-state index is 2.38. The van der Waals surface area contributed by atoms with Gasteiger partial charge in [0.2, 0.25) is 0 Å². The number of rotatable bonds is 3. The van der Waals surface area contributed by atoms with Crippen LogP contribution in [0.4, 0.5) is 0 Å². The molecule has 248 valence electrons. The van der Waals surface area contributed by atoms with E-state index in [-0.39, 0.29) is 5.41 Å². The van der Waals surface area contributed by atoms with Crippen LogP contribution < -0.4 is 0 Å². The van der Waals surface area contributed by atoms with Crippen LogP contribution in [0.25, 0.3) is 98.4 Å². The molecule has 0 spiro atoms. The summed E-state index contributed by atoms with van der Waals surface area (Å²) in [6, 6.07) is 67.8. The molecule has 1 aliphatic rings. The first kappa shape index (κ1) is 30.2. The zero-order valence-corrected chi connectivity index (χ0v) is 29.8. The van der Waals surface area contributed by atoms with Gasteiger partial charge in [0.15, 0.2) is 0 Å². The van der Waals surface area contributed by atoms with E-state index in [1.165, 1.54) is 109 Å². The van der Waals surface area contributed by atoms with Crippen molar-refractivity contribution >= 4 is 53.9 Å². The van der Waals surface area contributed by atoms with Crippen LogP contribution in [0.15, 0.2) is 182 Å². The summed E-state index contributed by atoms with van der Waals surface area (Å²) in [6.45, 7) is 4.74. The molecule has 0 amide bonds. The highest BCUT2D eigenvalue weighted by molar-refractivity contribution is 6.25. The summed E-state index contributed by atoms with van der Waals surface area (Å²) >= 11 is 0. The van der Waals surface area contributed by atoms with Gasteiger partial charge in [0.1, 0.15) is 0 Å². The molecule has 0 unspecified atom stereocenters. The van der Waals surface area contributed by atoms with E-state index < -0.39 is 0 Å². The second-order valence-electron chi connectivity index (χ2n) is 15.1. The third-order valence-corrected chi connectivity index (χ3v) is 12.1. The van der Waals surface area contributed by atoms with Gasteiger partial charge < -0.3 is 0 Å². The Morgan fingerprint density at radius 2 is 0.774 bits per heavy atom. The quantitative estimate of drug-likeness (QED) is 0.129. The van der Waals surface area contributed by atoms with Crippen LogP contribution in [0.3, 0.4) is 0 Å². The maximum absolute atomic E-state index is 2.38. The van der Waals surface area contributed by atoms with Gasteiger partial charge in [0.25, 0.3) is 0 Å². The van der Waals surface area contributed by atoms with E-state index in [2.05, 4.69) is 196 Å². The van der Waals surface area contributed by atoms with E-state index in [4.69, 9.17) is 0 Å². The summed E-state index contributed by atoms with van der Waals surface area (Å²) in [7, 11) is 0. The predicted octanol–water partition coefficient (Wildman–Crippen LogP) is 14.8. The Labute approximate surface area is 309 Å². The summed E-state index contributed by atoms with van der Waals surface area (Å²) in [6.07, 6.45) is 0. The minimum Gasteiger partial charge on any atom is -0.0622 e. The summed E-state index contributed by atoms with van der Waals surface area (Å²) < 4.78 is 0. The van der Waals surface area contributed by atoms with E-state index >= 15 is 0 Å². The average Bonchev–Trinajstić information content (AvgIpc) is 3.45. The molecule has 0 saturated carbocycles. The Hall–Kier alpha value is -6.50. The Balaban J connectivity index is 1.19. The van der Waals surface area contributed by atoms with Gasteiger partial charge in [-0.25, -0.2) is 0 Å². The van der Waals surface area contributed by atoms with Crippen molar-refractivity contribution in [1.29, 1.82) is 0 Å². The molecule has 0 heterocycles. The maximum Gasteiger partial charge on any atom is 0.0159 e. The van der Waals surface area contributed by atoms with E-state index in [0.29, 0.717) is 0 Å². The minimum absolute atomic E-state index is 0.0421. The number of hydrogen-bond donors (Lipinski definition) is 0. The predicted molar refractivity (Wildman–Crippen MR) is 228 cm³/mol. The first-order valence-electron chi connectivity index (χ1n) is 18.7. The molecule has 0 nitrogen and oxygen atoms in total. The summed E-state index contributed by atoms with van der Waals surface area (Å²) in [5.41, 5.74) is 13.2. The Kier molecular flexibility index (Phi) is 6.40. The molecule has 0 saturated heterocycles. The fourth-order valence-electron chi connectivity index (χ4n) is 9.70. The fourth-order valence-corrected chi connectivity index (χ4v) is 9.70. The van der Waals surface area contributed by atoms with E-state index in [1.807, 2.05) is 0 Å². The van der Waals surface area contributed by atoms with Crippen molar-refractivity contribution in [1.82, 2.24) is 0 Å². The second-order valence-corrected chi connectivity index (χ2v) is 15.1. The van der Waals surface area contributed by atoms with Gasteiger partial charge in [0.05, 0.1) is 0 Å². The lowest BCUT2D eigenvalue weighted by Crippen LogP contribution is -2.14. The monoisotopic (exact) mass is 672 g/mol. The van der Waals surface area contributed by atoms with Crippen molar-refractivity contribution < 1.29 is 0 Å². The Morgan fingerprint density at radius 1 is 0.283 bits per heavy atom. The fraction of sp³-hybridized carbons (Fsp3) is 0.0566. The largest absolute Gasteiger partial charge is 0.0622 e. The third-order valence-electron chi connectivity index (χ3n) is 12.1. The van der Waals surface area contributed by atoms with Crippen LogP contribution >= 0.6 is 0 Å². The van der Waals surface area contributed by atoms with E-state index in [0.717, 1.165) is 0 Å². The zero-order valence-electron chi connectivity index (χ0n) is 29.8. The van der Waals surface area contributed by atoms with Gasteiger partial charge in [-0.2, -0.15) is 0 Å². The molecule has 0 aromatic heterocycles. The topological polar surface area (TPSA) is 0 Å². The molecule has 10 aromatic carbocycles. The normalized spacial score (nSPS) is 13.2. The summed E-state index contributed by atoms with van der Waals surface area (Å²) in [5.74, 6) is 0. The Morgan fingerprint density at radius 3 is 1.49 bits per heavy atom. The standard InChI is InChI=1S/C53H36/c1-53(2)47-26-13-12-23-46(47)52-48(53)32-28-34-27-29-39-36(24-14-25-40(39)50(34)52)38-30-31-45(37-18-7-6-17-35(37)38)51-43-21-10-8-19-41(43)49(33-15-4-3-5-16-33)42-20-9-11-22-44(42)51/h3-32H,1-2H3. The molecule has 0 radical (unpaired) electrons. The van der Waals surface area contributed by atoms with Gasteiger partial charge in [-0.1, -0.05) is 196 Å². The summed E-state index contributed by atoms with van der Waals surface area (Å²) in [4.78, 5) is 0. The number of fused-ring (bicyclic) bond motifs is 10. The van der Waals surface area contributed by atoms with Crippen LogP contribution in [0.5, 0.6) is 0 Å². The lowest BCUT2D eigenvalue weighted by atomic mass is 9.81. The highest BCUT2D eigenvalue weighted by Crippen LogP contribution is 2.53. The third kappa shape index (κ3) is 4.24. The van der Waals surface area contributed by atoms with Crippen molar-refractivity contribution in [2.75, 3.05) is 0 Å². The Bertz CT molecular complexity index is 3070. The van der Waals surface area contributed by atoms with Crippen molar-refractivity contribution in [2.45, 2.75) is 19.3 Å². The number of benzene rings is 10. The van der Waals surface area contributed by atoms with Gasteiger partial charge in [-0.15, -0.1) is 0 Å². The molecule has 53 heavy (non-hydrogen) atoms. The van der Waals surface area contributed by atoms with Crippen molar-refractivity contribution in [2.24, 2.45) is 0 Å². The van der Waals surface area contributed by atoms with E-state index in [9.17, 15) is 0 Å². The molecular weight excluding hydrogens is 637 g/mol. The first-order valence-corrected chi connectivity index (χ1v) is 18.7. The van der Waals surface area contributed by atoms with Crippen molar-refractivity contribution in [3.8, 4) is 44.5 Å². The van der Waals surface area contributed by atoms with Crippen LogP contribution in [0.2, 0.25) is 0 Å². The molecule has 0 N–H and O–H groups in total. The highest BCUT2D eigenvalue weighted by atomic mass is 14.4. The highest BCUT2D eigenvalue weighted by Gasteiger charge is 2.36. The first-order chi connectivity index (χ1) is 26.1. The number of hydrogen-bond acceptors (Lipinski definition) is 0. The van der Waals surface area contributed by atoms with Gasteiger partial charge in [-0.05, 0) is 109 Å². The minimum atomic E-state index is -0.0421. The molecule has 0 heteroatoms.